The SMILES string of the molecule is CNC(=O)c1cc(CCc2cnc(Nc3ccc(N4CCCCC4=O)cc3)nc2)c(F)c(OC)c1. The zero-order chi connectivity index (χ0) is 24.8. The number of halogens is 1. The van der Waals surface area contributed by atoms with Gasteiger partial charge < -0.3 is 20.3 Å². The second-order valence-corrected chi connectivity index (χ2v) is 8.32. The summed E-state index contributed by atoms with van der Waals surface area (Å²) in [5, 5.41) is 5.69. The summed E-state index contributed by atoms with van der Waals surface area (Å²) in [7, 11) is 2.89. The van der Waals surface area contributed by atoms with E-state index in [4.69, 9.17) is 4.74 Å². The lowest BCUT2D eigenvalue weighted by Gasteiger charge is -2.26. The van der Waals surface area contributed by atoms with E-state index in [1.165, 1.54) is 26.3 Å². The molecular formula is C26H28FN5O3. The van der Waals surface area contributed by atoms with E-state index >= 15 is 0 Å². The maximum Gasteiger partial charge on any atom is 0.251 e. The first-order valence-electron chi connectivity index (χ1n) is 11.6. The summed E-state index contributed by atoms with van der Waals surface area (Å²) in [6, 6.07) is 10.5. The largest absolute Gasteiger partial charge is 0.494 e. The van der Waals surface area contributed by atoms with Crippen LogP contribution in [0.4, 0.5) is 21.7 Å². The minimum Gasteiger partial charge on any atom is -0.494 e. The van der Waals surface area contributed by atoms with E-state index in [0.29, 0.717) is 36.3 Å². The van der Waals surface area contributed by atoms with Gasteiger partial charge in [0.15, 0.2) is 11.6 Å². The van der Waals surface area contributed by atoms with Crippen molar-refractivity contribution in [3.63, 3.8) is 0 Å². The fraction of sp³-hybridized carbons (Fsp3) is 0.308. The van der Waals surface area contributed by atoms with Gasteiger partial charge in [-0.15, -0.1) is 0 Å². The van der Waals surface area contributed by atoms with Gasteiger partial charge in [-0.3, -0.25) is 9.59 Å². The molecule has 182 valence electrons. The van der Waals surface area contributed by atoms with Crippen LogP contribution in [0, 0.1) is 5.82 Å². The number of carbonyl (C=O) groups excluding carboxylic acids is 2. The Morgan fingerprint density at radius 3 is 2.51 bits per heavy atom. The Morgan fingerprint density at radius 2 is 1.86 bits per heavy atom. The molecule has 1 fully saturated rings. The second-order valence-electron chi connectivity index (χ2n) is 8.32. The van der Waals surface area contributed by atoms with Gasteiger partial charge in [-0.1, -0.05) is 0 Å². The summed E-state index contributed by atoms with van der Waals surface area (Å²) in [5.41, 5.74) is 3.26. The minimum atomic E-state index is -0.478. The lowest BCUT2D eigenvalue weighted by atomic mass is 10.0. The number of anilines is 3. The molecule has 0 radical (unpaired) electrons. The standard InChI is InChI=1S/C26H28FN5O3/c1-28-25(34)19-13-18(24(27)22(14-19)35-2)7-6-17-15-29-26(30-16-17)31-20-8-10-21(11-9-20)32-12-4-3-5-23(32)33/h8-11,13-16H,3-7,12H2,1-2H3,(H,28,34)(H,29,30,31). The number of methoxy groups -OCH3 is 1. The molecule has 0 aliphatic carbocycles. The van der Waals surface area contributed by atoms with Gasteiger partial charge in [0.2, 0.25) is 11.9 Å². The summed E-state index contributed by atoms with van der Waals surface area (Å²) < 4.78 is 19.8. The average molecular weight is 478 g/mol. The van der Waals surface area contributed by atoms with E-state index in [2.05, 4.69) is 20.6 Å². The zero-order valence-electron chi connectivity index (χ0n) is 19.8. The molecule has 35 heavy (non-hydrogen) atoms. The van der Waals surface area contributed by atoms with Gasteiger partial charge >= 0.3 is 0 Å². The van der Waals surface area contributed by atoms with Crippen molar-refractivity contribution in [1.82, 2.24) is 15.3 Å². The Kier molecular flexibility index (Phi) is 7.54. The normalized spacial score (nSPS) is 13.5. The number of aromatic nitrogens is 2. The number of nitrogens with zero attached hydrogens (tertiary/aromatic N) is 3. The number of hydrogen-bond acceptors (Lipinski definition) is 6. The van der Waals surface area contributed by atoms with Gasteiger partial charge in [0, 0.05) is 49.3 Å². The van der Waals surface area contributed by atoms with Crippen LogP contribution < -0.4 is 20.3 Å². The molecule has 1 aliphatic heterocycles. The van der Waals surface area contributed by atoms with Crippen molar-refractivity contribution in [3.05, 3.63) is 71.3 Å². The highest BCUT2D eigenvalue weighted by atomic mass is 19.1. The molecule has 8 nitrogen and oxygen atoms in total. The fourth-order valence-electron chi connectivity index (χ4n) is 4.02. The number of ether oxygens (including phenoxy) is 1. The summed E-state index contributed by atoms with van der Waals surface area (Å²) in [6.07, 6.45) is 6.80. The van der Waals surface area contributed by atoms with Crippen molar-refractivity contribution in [2.45, 2.75) is 32.1 Å². The van der Waals surface area contributed by atoms with Gasteiger partial charge in [0.05, 0.1) is 7.11 Å². The Hall–Kier alpha value is -4.01. The number of hydrogen-bond donors (Lipinski definition) is 2. The van der Waals surface area contributed by atoms with Crippen LogP contribution in [0.1, 0.15) is 40.7 Å². The predicted octanol–water partition coefficient (Wildman–Crippen LogP) is 4.03. The monoisotopic (exact) mass is 477 g/mol. The third-order valence-electron chi connectivity index (χ3n) is 5.97. The molecule has 2 aromatic carbocycles. The van der Waals surface area contributed by atoms with Crippen LogP contribution in [-0.2, 0) is 17.6 Å². The van der Waals surface area contributed by atoms with Crippen LogP contribution in [-0.4, -0.2) is 42.5 Å². The third kappa shape index (κ3) is 5.74. The van der Waals surface area contributed by atoms with Gasteiger partial charge in [-0.2, -0.15) is 0 Å². The molecule has 0 saturated carbocycles. The predicted molar refractivity (Wildman–Crippen MR) is 132 cm³/mol. The maximum absolute atomic E-state index is 14.7. The smallest absolute Gasteiger partial charge is 0.251 e. The minimum absolute atomic E-state index is 0.0348. The van der Waals surface area contributed by atoms with E-state index in [9.17, 15) is 14.0 Å². The summed E-state index contributed by atoms with van der Waals surface area (Å²) in [4.78, 5) is 34.6. The molecule has 0 bridgehead atoms. The summed E-state index contributed by atoms with van der Waals surface area (Å²) in [5.74, 6) is -0.153. The van der Waals surface area contributed by atoms with Crippen molar-refractivity contribution >= 4 is 29.1 Å². The van der Waals surface area contributed by atoms with Gasteiger partial charge in [0.1, 0.15) is 0 Å². The lowest BCUT2D eigenvalue weighted by molar-refractivity contribution is -0.119. The molecule has 3 aromatic rings. The van der Waals surface area contributed by atoms with Crippen LogP contribution in [0.15, 0.2) is 48.8 Å². The Bertz CT molecular complexity index is 1200. The Labute approximate surface area is 203 Å². The third-order valence-corrected chi connectivity index (χ3v) is 5.97. The van der Waals surface area contributed by atoms with Crippen LogP contribution in [0.2, 0.25) is 0 Å². The topological polar surface area (TPSA) is 96.5 Å². The van der Waals surface area contributed by atoms with E-state index < -0.39 is 5.82 Å². The first kappa shape index (κ1) is 24.1. The van der Waals surface area contributed by atoms with Gasteiger partial charge in [-0.05, 0) is 73.2 Å². The van der Waals surface area contributed by atoms with E-state index in [1.807, 2.05) is 29.2 Å². The quantitative estimate of drug-likeness (QED) is 0.509. The number of rotatable bonds is 8. The average Bonchev–Trinajstić information content (AvgIpc) is 2.89. The van der Waals surface area contributed by atoms with Gasteiger partial charge in [-0.25, -0.2) is 14.4 Å². The molecule has 0 atom stereocenters. The Morgan fingerprint density at radius 1 is 1.11 bits per heavy atom. The number of aryl methyl sites for hydroxylation is 2. The Balaban J connectivity index is 1.38. The number of benzene rings is 2. The first-order valence-corrected chi connectivity index (χ1v) is 11.6. The molecular weight excluding hydrogens is 449 g/mol. The highest BCUT2D eigenvalue weighted by molar-refractivity contribution is 5.95. The number of nitrogens with one attached hydrogen (secondary N) is 2. The molecule has 4 rings (SSSR count). The highest BCUT2D eigenvalue weighted by Gasteiger charge is 2.19. The van der Waals surface area contributed by atoms with Crippen molar-refractivity contribution in [3.8, 4) is 5.75 Å². The summed E-state index contributed by atoms with van der Waals surface area (Å²) >= 11 is 0. The molecule has 1 saturated heterocycles. The van der Waals surface area contributed by atoms with Gasteiger partial charge in [0.25, 0.3) is 5.91 Å². The van der Waals surface area contributed by atoms with Crippen LogP contribution in [0.3, 0.4) is 0 Å². The molecule has 1 aliphatic rings. The molecule has 1 aromatic heterocycles. The van der Waals surface area contributed by atoms with E-state index in [0.717, 1.165) is 36.3 Å². The van der Waals surface area contributed by atoms with Crippen molar-refractivity contribution in [2.75, 3.05) is 30.9 Å². The molecule has 2 N–H and O–H groups in total. The van der Waals surface area contributed by atoms with Crippen LogP contribution in [0.5, 0.6) is 5.75 Å². The lowest BCUT2D eigenvalue weighted by Crippen LogP contribution is -2.35. The highest BCUT2D eigenvalue weighted by Crippen LogP contribution is 2.25. The molecule has 9 heteroatoms. The number of amides is 2. The van der Waals surface area contributed by atoms with Crippen molar-refractivity contribution in [1.29, 1.82) is 0 Å². The second kappa shape index (κ2) is 10.9. The molecule has 2 amide bonds. The molecule has 2 heterocycles. The van der Waals surface area contributed by atoms with Crippen LogP contribution >= 0.6 is 0 Å². The number of carbonyl (C=O) groups is 2. The fourth-order valence-corrected chi connectivity index (χ4v) is 4.02. The van der Waals surface area contributed by atoms with E-state index in [1.54, 1.807) is 12.4 Å². The van der Waals surface area contributed by atoms with Crippen molar-refractivity contribution in [2.24, 2.45) is 0 Å². The molecule has 0 unspecified atom stereocenters. The maximum atomic E-state index is 14.7. The van der Waals surface area contributed by atoms with Crippen LogP contribution in [0.25, 0.3) is 0 Å². The zero-order valence-corrected chi connectivity index (χ0v) is 19.8. The number of piperidine rings is 1. The van der Waals surface area contributed by atoms with E-state index in [-0.39, 0.29) is 17.6 Å². The van der Waals surface area contributed by atoms with Crippen molar-refractivity contribution < 1.29 is 18.7 Å². The summed E-state index contributed by atoms with van der Waals surface area (Å²) in [6.45, 7) is 0.753. The first-order chi connectivity index (χ1) is 17.0. The molecule has 0 spiro atoms.